The monoisotopic (exact) mass is 135 g/mol. The summed E-state index contributed by atoms with van der Waals surface area (Å²) in [5.41, 5.74) is 0.869. The summed E-state index contributed by atoms with van der Waals surface area (Å²) in [6, 6.07) is 4.75. The predicted octanol–water partition coefficient (Wildman–Crippen LogP) is 0.686. The number of aromatic nitrogens is 1. The van der Waals surface area contributed by atoms with Gasteiger partial charge < -0.3 is 10.1 Å². The first kappa shape index (κ1) is 5.53. The second-order valence-corrected chi connectivity index (χ2v) is 2.04. The van der Waals surface area contributed by atoms with E-state index < -0.39 is 0 Å². The Hall–Kier alpha value is -1.25. The van der Waals surface area contributed by atoms with Crippen molar-refractivity contribution in [1.82, 2.24) is 4.98 Å². The Bertz CT molecular complexity index is 212. The lowest BCUT2D eigenvalue weighted by molar-refractivity contribution is 0.310. The Labute approximate surface area is 59.0 Å². The number of rotatable bonds is 0. The van der Waals surface area contributed by atoms with E-state index in [1.165, 1.54) is 0 Å². The third-order valence-electron chi connectivity index (χ3n) is 1.35. The van der Waals surface area contributed by atoms with Crippen molar-refractivity contribution in [2.24, 2.45) is 0 Å². The molecule has 2 rings (SSSR count). The second-order valence-electron chi connectivity index (χ2n) is 2.04. The summed E-state index contributed by atoms with van der Waals surface area (Å²) in [6.45, 7) is 1.53. The molecule has 3 heteroatoms. The maximum absolute atomic E-state index is 5.22. The SMILES string of the molecule is [c]1ccnc2c1NCCO2. The summed E-state index contributed by atoms with van der Waals surface area (Å²) >= 11 is 0. The van der Waals surface area contributed by atoms with Gasteiger partial charge in [0.2, 0.25) is 5.88 Å². The van der Waals surface area contributed by atoms with Crippen molar-refractivity contribution < 1.29 is 4.74 Å². The molecule has 0 atom stereocenters. The molecule has 0 saturated carbocycles. The number of nitrogens with one attached hydrogen (secondary N) is 1. The van der Waals surface area contributed by atoms with Crippen LogP contribution in [0.3, 0.4) is 0 Å². The van der Waals surface area contributed by atoms with E-state index in [0.29, 0.717) is 12.5 Å². The van der Waals surface area contributed by atoms with E-state index in [9.17, 15) is 0 Å². The van der Waals surface area contributed by atoms with Gasteiger partial charge in [-0.25, -0.2) is 4.98 Å². The lowest BCUT2D eigenvalue weighted by Crippen LogP contribution is -2.18. The number of nitrogens with zero attached hydrogens (tertiary/aromatic N) is 1. The fourth-order valence-electron chi connectivity index (χ4n) is 0.912. The maximum Gasteiger partial charge on any atom is 0.238 e. The van der Waals surface area contributed by atoms with Crippen LogP contribution in [0.1, 0.15) is 0 Å². The topological polar surface area (TPSA) is 34.2 Å². The number of pyridine rings is 1. The van der Waals surface area contributed by atoms with E-state index in [2.05, 4.69) is 16.4 Å². The number of anilines is 1. The Morgan fingerprint density at radius 3 is 3.60 bits per heavy atom. The lowest BCUT2D eigenvalue weighted by atomic mass is 10.4. The predicted molar refractivity (Wildman–Crippen MR) is 37.1 cm³/mol. The Kier molecular flexibility index (Phi) is 1.20. The van der Waals surface area contributed by atoms with Crippen LogP contribution in [0.5, 0.6) is 5.88 Å². The fourth-order valence-corrected chi connectivity index (χ4v) is 0.912. The summed E-state index contributed by atoms with van der Waals surface area (Å²) in [6.07, 6.45) is 1.67. The summed E-state index contributed by atoms with van der Waals surface area (Å²) in [5, 5.41) is 3.12. The Balaban J connectivity index is 2.41. The highest BCUT2D eigenvalue weighted by Crippen LogP contribution is 2.21. The van der Waals surface area contributed by atoms with Crippen LogP contribution in [0.4, 0.5) is 5.69 Å². The zero-order valence-electron chi connectivity index (χ0n) is 5.42. The summed E-state index contributed by atoms with van der Waals surface area (Å²) in [5.74, 6) is 0.661. The molecule has 1 aliphatic heterocycles. The van der Waals surface area contributed by atoms with Gasteiger partial charge in [0.15, 0.2) is 0 Å². The molecule has 51 valence electrons. The van der Waals surface area contributed by atoms with E-state index >= 15 is 0 Å². The zero-order chi connectivity index (χ0) is 6.81. The molecule has 1 radical (unpaired) electrons. The van der Waals surface area contributed by atoms with Crippen molar-refractivity contribution in [3.05, 3.63) is 18.3 Å². The van der Waals surface area contributed by atoms with Gasteiger partial charge in [-0.05, 0) is 6.07 Å². The molecular weight excluding hydrogens is 128 g/mol. The van der Waals surface area contributed by atoms with Crippen LogP contribution in [0, 0.1) is 6.07 Å². The molecule has 0 saturated heterocycles. The van der Waals surface area contributed by atoms with Gasteiger partial charge in [0.25, 0.3) is 0 Å². The standard InChI is InChI=1S/C7H7N2O/c1-2-6-7(9-3-1)10-5-4-8-6/h1,3,8H,4-5H2. The van der Waals surface area contributed by atoms with Crippen LogP contribution in [0.2, 0.25) is 0 Å². The smallest absolute Gasteiger partial charge is 0.238 e. The maximum atomic E-state index is 5.22. The van der Waals surface area contributed by atoms with E-state index in [-0.39, 0.29) is 0 Å². The molecule has 1 N–H and O–H groups in total. The molecule has 0 aliphatic carbocycles. The molecule has 1 aromatic rings. The van der Waals surface area contributed by atoms with Crippen molar-refractivity contribution in [2.45, 2.75) is 0 Å². The number of fused-ring (bicyclic) bond motifs is 1. The van der Waals surface area contributed by atoms with E-state index in [1.54, 1.807) is 12.3 Å². The molecule has 0 amide bonds. The van der Waals surface area contributed by atoms with Crippen LogP contribution < -0.4 is 10.1 Å². The molecule has 3 nitrogen and oxygen atoms in total. The Morgan fingerprint density at radius 1 is 1.70 bits per heavy atom. The first-order valence-electron chi connectivity index (χ1n) is 3.20. The molecule has 2 heterocycles. The van der Waals surface area contributed by atoms with Crippen LogP contribution in [0.15, 0.2) is 12.3 Å². The minimum absolute atomic E-state index is 0.661. The molecule has 0 bridgehead atoms. The van der Waals surface area contributed by atoms with Crippen molar-refractivity contribution in [1.29, 1.82) is 0 Å². The van der Waals surface area contributed by atoms with Gasteiger partial charge in [-0.1, -0.05) is 0 Å². The highest BCUT2D eigenvalue weighted by Gasteiger charge is 2.08. The number of ether oxygens (including phenoxy) is 1. The van der Waals surface area contributed by atoms with E-state index in [0.717, 1.165) is 12.2 Å². The first-order chi connectivity index (χ1) is 4.97. The Morgan fingerprint density at radius 2 is 2.70 bits per heavy atom. The molecule has 0 spiro atoms. The molecule has 10 heavy (non-hydrogen) atoms. The van der Waals surface area contributed by atoms with Crippen molar-refractivity contribution in [3.8, 4) is 5.88 Å². The van der Waals surface area contributed by atoms with Crippen LogP contribution in [-0.2, 0) is 0 Å². The van der Waals surface area contributed by atoms with Gasteiger partial charge in [-0.15, -0.1) is 0 Å². The van der Waals surface area contributed by atoms with Gasteiger partial charge in [-0.2, -0.15) is 0 Å². The average Bonchev–Trinajstić information content (AvgIpc) is 2.05. The van der Waals surface area contributed by atoms with Crippen LogP contribution >= 0.6 is 0 Å². The third-order valence-corrected chi connectivity index (χ3v) is 1.35. The third kappa shape index (κ3) is 0.795. The van der Waals surface area contributed by atoms with Gasteiger partial charge in [0, 0.05) is 18.8 Å². The molecule has 0 fully saturated rings. The van der Waals surface area contributed by atoms with Crippen molar-refractivity contribution in [3.63, 3.8) is 0 Å². The average molecular weight is 135 g/mol. The molecule has 0 unspecified atom stereocenters. The molecule has 0 aromatic carbocycles. The minimum atomic E-state index is 0.661. The van der Waals surface area contributed by atoms with Crippen LogP contribution in [-0.4, -0.2) is 18.1 Å². The van der Waals surface area contributed by atoms with Gasteiger partial charge in [0.05, 0.1) is 0 Å². The van der Waals surface area contributed by atoms with Gasteiger partial charge in [-0.3, -0.25) is 0 Å². The summed E-state index contributed by atoms with van der Waals surface area (Å²) in [4.78, 5) is 4.00. The normalized spacial score (nSPS) is 14.8. The lowest BCUT2D eigenvalue weighted by Gasteiger charge is -2.16. The minimum Gasteiger partial charge on any atom is -0.474 e. The van der Waals surface area contributed by atoms with Crippen LogP contribution in [0.25, 0.3) is 0 Å². The van der Waals surface area contributed by atoms with E-state index in [1.807, 2.05) is 0 Å². The molecular formula is C7H7N2O. The second kappa shape index (κ2) is 2.17. The van der Waals surface area contributed by atoms with Crippen molar-refractivity contribution >= 4 is 5.69 Å². The molecule has 1 aliphatic rings. The number of hydrogen-bond donors (Lipinski definition) is 1. The highest BCUT2D eigenvalue weighted by molar-refractivity contribution is 5.52. The summed E-state index contributed by atoms with van der Waals surface area (Å²) < 4.78 is 5.22. The fraction of sp³-hybridized carbons (Fsp3) is 0.286. The van der Waals surface area contributed by atoms with E-state index in [4.69, 9.17) is 4.74 Å². The largest absolute Gasteiger partial charge is 0.474 e. The number of hydrogen-bond acceptors (Lipinski definition) is 3. The van der Waals surface area contributed by atoms with Gasteiger partial charge in [0.1, 0.15) is 12.3 Å². The highest BCUT2D eigenvalue weighted by atomic mass is 16.5. The summed E-state index contributed by atoms with van der Waals surface area (Å²) in [7, 11) is 0. The van der Waals surface area contributed by atoms with Crippen molar-refractivity contribution in [2.75, 3.05) is 18.5 Å². The van der Waals surface area contributed by atoms with Gasteiger partial charge >= 0.3 is 0 Å². The zero-order valence-corrected chi connectivity index (χ0v) is 5.42. The molecule has 1 aromatic heterocycles. The first-order valence-corrected chi connectivity index (χ1v) is 3.20. The quantitative estimate of drug-likeness (QED) is 0.568.